The van der Waals surface area contributed by atoms with Crippen LogP contribution in [0, 0.1) is 5.92 Å². The van der Waals surface area contributed by atoms with Crippen LogP contribution < -0.4 is 0 Å². The highest BCUT2D eigenvalue weighted by Gasteiger charge is 2.34. The number of carboxylic acid groups (broad SMARTS) is 1. The molecule has 1 unspecified atom stereocenters. The molecule has 0 spiro atoms. The maximum absolute atomic E-state index is 12.3. The van der Waals surface area contributed by atoms with E-state index < -0.39 is 21.9 Å². The van der Waals surface area contributed by atoms with E-state index in [0.29, 0.717) is 13.0 Å². The van der Waals surface area contributed by atoms with Crippen molar-refractivity contribution in [3.8, 4) is 0 Å². The van der Waals surface area contributed by atoms with Crippen molar-refractivity contribution in [3.05, 3.63) is 35.4 Å². The Hall–Kier alpha value is -1.40. The van der Waals surface area contributed by atoms with Crippen LogP contribution in [0.1, 0.15) is 24.5 Å². The molecule has 1 saturated heterocycles. The molecule has 0 aliphatic carbocycles. The number of nitrogens with zero attached hydrogens (tertiary/aromatic N) is 1. The molecule has 6 heteroatoms. The van der Waals surface area contributed by atoms with Crippen LogP contribution in [-0.4, -0.2) is 36.9 Å². The Morgan fingerprint density at radius 2 is 1.90 bits per heavy atom. The van der Waals surface area contributed by atoms with Gasteiger partial charge in [-0.3, -0.25) is 4.79 Å². The molecule has 20 heavy (non-hydrogen) atoms. The third-order valence-corrected chi connectivity index (χ3v) is 5.49. The van der Waals surface area contributed by atoms with E-state index in [1.807, 2.05) is 31.2 Å². The summed E-state index contributed by atoms with van der Waals surface area (Å²) in [5, 5.41) is 8.92. The maximum Gasteiger partial charge on any atom is 0.307 e. The number of carbonyl (C=O) groups is 1. The lowest BCUT2D eigenvalue weighted by molar-refractivity contribution is -0.141. The van der Waals surface area contributed by atoms with Crippen LogP contribution in [0.4, 0.5) is 0 Å². The lowest BCUT2D eigenvalue weighted by atomic mass is 10.1. The van der Waals surface area contributed by atoms with Crippen LogP contribution in [0.15, 0.2) is 24.3 Å². The molecule has 110 valence electrons. The Bertz CT molecular complexity index is 580. The van der Waals surface area contributed by atoms with E-state index in [1.165, 1.54) is 9.87 Å². The average Bonchev–Trinajstić information content (AvgIpc) is 2.90. The van der Waals surface area contributed by atoms with Gasteiger partial charge in [0, 0.05) is 13.1 Å². The number of rotatable bonds is 5. The fourth-order valence-electron chi connectivity index (χ4n) is 2.36. The van der Waals surface area contributed by atoms with Crippen LogP contribution >= 0.6 is 0 Å². The van der Waals surface area contributed by atoms with Crippen molar-refractivity contribution >= 4 is 16.0 Å². The number of aliphatic carboxylic acids is 1. The van der Waals surface area contributed by atoms with Crippen molar-refractivity contribution in [3.63, 3.8) is 0 Å². The van der Waals surface area contributed by atoms with Crippen molar-refractivity contribution < 1.29 is 18.3 Å². The summed E-state index contributed by atoms with van der Waals surface area (Å²) in [7, 11) is -3.43. The Kier molecular flexibility index (Phi) is 4.45. The third kappa shape index (κ3) is 3.37. The highest BCUT2D eigenvalue weighted by molar-refractivity contribution is 7.88. The number of sulfonamides is 1. The SMILES string of the molecule is CCc1ccc(CS(=O)(=O)N2CCC(C(=O)O)C2)cc1. The van der Waals surface area contributed by atoms with E-state index >= 15 is 0 Å². The molecular weight excluding hydrogens is 278 g/mol. The quantitative estimate of drug-likeness (QED) is 0.893. The molecule has 0 amide bonds. The molecule has 0 aromatic heterocycles. The maximum atomic E-state index is 12.3. The van der Waals surface area contributed by atoms with Crippen LogP contribution in [0.3, 0.4) is 0 Å². The zero-order valence-corrected chi connectivity index (χ0v) is 12.3. The molecule has 1 aromatic rings. The van der Waals surface area contributed by atoms with E-state index in [4.69, 9.17) is 5.11 Å². The molecule has 0 saturated carbocycles. The van der Waals surface area contributed by atoms with Gasteiger partial charge in [-0.2, -0.15) is 0 Å². The van der Waals surface area contributed by atoms with Gasteiger partial charge in [-0.1, -0.05) is 31.2 Å². The van der Waals surface area contributed by atoms with Crippen molar-refractivity contribution in [1.82, 2.24) is 4.31 Å². The first kappa shape index (κ1) is 15.0. The summed E-state index contributed by atoms with van der Waals surface area (Å²) in [6.07, 6.45) is 1.31. The Balaban J connectivity index is 2.05. The molecule has 0 bridgehead atoms. The topological polar surface area (TPSA) is 74.7 Å². The predicted octanol–water partition coefficient (Wildman–Crippen LogP) is 1.49. The zero-order valence-electron chi connectivity index (χ0n) is 11.4. The van der Waals surface area contributed by atoms with Crippen LogP contribution in [0.5, 0.6) is 0 Å². The summed E-state index contributed by atoms with van der Waals surface area (Å²) < 4.78 is 25.8. The molecule has 2 rings (SSSR count). The number of benzene rings is 1. The number of carboxylic acids is 1. The second-order valence-electron chi connectivity index (χ2n) is 5.11. The highest BCUT2D eigenvalue weighted by Crippen LogP contribution is 2.22. The summed E-state index contributed by atoms with van der Waals surface area (Å²) in [6.45, 7) is 2.43. The minimum atomic E-state index is -3.43. The molecule has 1 heterocycles. The third-order valence-electron chi connectivity index (χ3n) is 3.67. The molecule has 1 atom stereocenters. The van der Waals surface area contributed by atoms with E-state index in [1.54, 1.807) is 0 Å². The molecule has 5 nitrogen and oxygen atoms in total. The Morgan fingerprint density at radius 1 is 1.30 bits per heavy atom. The molecule has 1 aliphatic rings. The number of hydrogen-bond acceptors (Lipinski definition) is 3. The van der Waals surface area contributed by atoms with Crippen LogP contribution in [0.2, 0.25) is 0 Å². The molecule has 1 aromatic carbocycles. The Labute approximate surface area is 119 Å². The predicted molar refractivity (Wildman–Crippen MR) is 75.8 cm³/mol. The van der Waals surface area contributed by atoms with Gasteiger partial charge in [0.1, 0.15) is 0 Å². The van der Waals surface area contributed by atoms with Gasteiger partial charge < -0.3 is 5.11 Å². The minimum Gasteiger partial charge on any atom is -0.481 e. The van der Waals surface area contributed by atoms with E-state index in [2.05, 4.69) is 0 Å². The second kappa shape index (κ2) is 5.93. The summed E-state index contributed by atoms with van der Waals surface area (Å²) in [5.41, 5.74) is 1.90. The first-order chi connectivity index (χ1) is 9.42. The van der Waals surface area contributed by atoms with Crippen molar-refractivity contribution in [2.75, 3.05) is 13.1 Å². The zero-order chi connectivity index (χ0) is 14.8. The number of aryl methyl sites for hydroxylation is 1. The second-order valence-corrected chi connectivity index (χ2v) is 7.08. The van der Waals surface area contributed by atoms with E-state index in [9.17, 15) is 13.2 Å². The monoisotopic (exact) mass is 297 g/mol. The van der Waals surface area contributed by atoms with Crippen molar-refractivity contribution in [2.24, 2.45) is 5.92 Å². The fourth-order valence-corrected chi connectivity index (χ4v) is 3.94. The van der Waals surface area contributed by atoms with Gasteiger partial charge in [0.15, 0.2) is 0 Å². The molecule has 1 aliphatic heterocycles. The first-order valence-corrected chi connectivity index (χ1v) is 8.31. The summed E-state index contributed by atoms with van der Waals surface area (Å²) in [5.74, 6) is -1.56. The Morgan fingerprint density at radius 3 is 2.40 bits per heavy atom. The largest absolute Gasteiger partial charge is 0.481 e. The average molecular weight is 297 g/mol. The summed E-state index contributed by atoms with van der Waals surface area (Å²) >= 11 is 0. The van der Waals surface area contributed by atoms with E-state index in [-0.39, 0.29) is 12.3 Å². The standard InChI is InChI=1S/C14H19NO4S/c1-2-11-3-5-12(6-4-11)10-20(18,19)15-8-7-13(9-15)14(16)17/h3-6,13H,2,7-10H2,1H3,(H,16,17). The van der Waals surface area contributed by atoms with Gasteiger partial charge in [-0.05, 0) is 24.0 Å². The molecule has 0 radical (unpaired) electrons. The normalized spacial score (nSPS) is 20.1. The smallest absolute Gasteiger partial charge is 0.307 e. The lowest BCUT2D eigenvalue weighted by Crippen LogP contribution is -2.31. The van der Waals surface area contributed by atoms with Crippen molar-refractivity contribution in [2.45, 2.75) is 25.5 Å². The van der Waals surface area contributed by atoms with Crippen LogP contribution in [-0.2, 0) is 27.0 Å². The molecule has 1 N–H and O–H groups in total. The molecular formula is C14H19NO4S. The highest BCUT2D eigenvalue weighted by atomic mass is 32.2. The van der Waals surface area contributed by atoms with Crippen LogP contribution in [0.25, 0.3) is 0 Å². The van der Waals surface area contributed by atoms with Gasteiger partial charge in [0.25, 0.3) is 0 Å². The summed E-state index contributed by atoms with van der Waals surface area (Å²) in [4.78, 5) is 10.9. The van der Waals surface area contributed by atoms with Crippen molar-refractivity contribution in [1.29, 1.82) is 0 Å². The number of hydrogen-bond donors (Lipinski definition) is 1. The first-order valence-electron chi connectivity index (χ1n) is 6.71. The van der Waals surface area contributed by atoms with Gasteiger partial charge in [0.2, 0.25) is 10.0 Å². The molecule has 1 fully saturated rings. The lowest BCUT2D eigenvalue weighted by Gasteiger charge is -2.16. The fraction of sp³-hybridized carbons (Fsp3) is 0.500. The summed E-state index contributed by atoms with van der Waals surface area (Å²) in [6, 6.07) is 7.49. The van der Waals surface area contributed by atoms with Gasteiger partial charge in [0.05, 0.1) is 11.7 Å². The van der Waals surface area contributed by atoms with Gasteiger partial charge >= 0.3 is 5.97 Å². The minimum absolute atomic E-state index is 0.0661. The van der Waals surface area contributed by atoms with Gasteiger partial charge in [-0.15, -0.1) is 0 Å². The van der Waals surface area contributed by atoms with Gasteiger partial charge in [-0.25, -0.2) is 12.7 Å². The van der Waals surface area contributed by atoms with E-state index in [0.717, 1.165) is 12.0 Å².